The summed E-state index contributed by atoms with van der Waals surface area (Å²) >= 11 is 5.89. The number of halogens is 1. The summed E-state index contributed by atoms with van der Waals surface area (Å²) in [6, 6.07) is 5.53. The number of likely N-dealkylation sites (N-methyl/N-ethyl adjacent to an activating group) is 1. The topological polar surface area (TPSA) is 137 Å². The largest absolute Gasteiger partial charge is 0.481 e. The second-order valence-corrected chi connectivity index (χ2v) is 11.2. The number of rotatable bonds is 11. The van der Waals surface area contributed by atoms with Crippen LogP contribution in [0.4, 0.5) is 5.95 Å². The highest BCUT2D eigenvalue weighted by Gasteiger charge is 2.35. The van der Waals surface area contributed by atoms with Gasteiger partial charge in [-0.15, -0.1) is 10.2 Å². The molecule has 37 heavy (non-hydrogen) atoms. The average Bonchev–Trinajstić information content (AvgIpc) is 3.52. The van der Waals surface area contributed by atoms with Gasteiger partial charge in [0.1, 0.15) is 17.0 Å². The molecule has 0 radical (unpaired) electrons. The number of sulfonamides is 1. The Hall–Kier alpha value is -2.87. The van der Waals surface area contributed by atoms with Crippen LogP contribution in [-0.2, 0) is 21.3 Å². The van der Waals surface area contributed by atoms with E-state index in [1.165, 1.54) is 33.5 Å². The summed E-state index contributed by atoms with van der Waals surface area (Å²) in [5.41, 5.74) is 0.524. The van der Waals surface area contributed by atoms with Crippen LogP contribution in [0.3, 0.4) is 0 Å². The van der Waals surface area contributed by atoms with Gasteiger partial charge in [-0.3, -0.25) is 14.2 Å². The first-order chi connectivity index (χ1) is 17.8. The average molecular weight is 551 g/mol. The van der Waals surface area contributed by atoms with Gasteiger partial charge in [0.25, 0.3) is 0 Å². The normalized spacial score (nSPS) is 18.0. The maximum Gasteiger partial charge on any atom is 0.240 e. The van der Waals surface area contributed by atoms with Crippen LogP contribution in [0.1, 0.15) is 38.6 Å². The van der Waals surface area contributed by atoms with Gasteiger partial charge in [0.2, 0.25) is 21.9 Å². The second-order valence-electron chi connectivity index (χ2n) is 8.72. The number of hydrogen-bond donors (Lipinski definition) is 1. The first kappa shape index (κ1) is 27.2. The van der Waals surface area contributed by atoms with E-state index in [9.17, 15) is 8.42 Å². The number of ether oxygens (including phenoxy) is 2. The van der Waals surface area contributed by atoms with E-state index < -0.39 is 21.4 Å². The molecule has 0 amide bonds. The zero-order valence-electron chi connectivity index (χ0n) is 21.2. The Labute approximate surface area is 221 Å². The quantitative estimate of drug-likeness (QED) is 0.379. The van der Waals surface area contributed by atoms with Crippen molar-refractivity contribution in [3.8, 4) is 17.4 Å². The van der Waals surface area contributed by atoms with E-state index >= 15 is 0 Å². The summed E-state index contributed by atoms with van der Waals surface area (Å²) in [7, 11) is -1.07. The summed E-state index contributed by atoms with van der Waals surface area (Å²) in [6.45, 7) is 6.02. The van der Waals surface area contributed by atoms with E-state index in [1.807, 2.05) is 0 Å². The highest BCUT2D eigenvalue weighted by Crippen LogP contribution is 2.28. The SMILES string of the molecule is CCN1CCC[C@@H]1Cn1c(NS(=O)(=O)[C@@H](C)[C@H](OC)c2ncc(Cl)cn2)nnc1-c1cccc(OC)n1. The molecule has 1 saturated heterocycles. The molecule has 200 valence electrons. The third-order valence-corrected chi connectivity index (χ3v) is 8.40. The Morgan fingerprint density at radius 1 is 1.22 bits per heavy atom. The fraction of sp³-hybridized carbons (Fsp3) is 0.522. The smallest absolute Gasteiger partial charge is 0.240 e. The molecule has 0 aromatic carbocycles. The lowest BCUT2D eigenvalue weighted by molar-refractivity contribution is 0.0950. The summed E-state index contributed by atoms with van der Waals surface area (Å²) in [6.07, 6.45) is 3.92. The summed E-state index contributed by atoms with van der Waals surface area (Å²) in [4.78, 5) is 15.1. The summed E-state index contributed by atoms with van der Waals surface area (Å²) in [5, 5.41) is 7.81. The third-order valence-electron chi connectivity index (χ3n) is 6.51. The number of hydrogen-bond acceptors (Lipinski definition) is 10. The Morgan fingerprint density at radius 3 is 2.65 bits per heavy atom. The summed E-state index contributed by atoms with van der Waals surface area (Å²) in [5.74, 6) is 1.17. The monoisotopic (exact) mass is 550 g/mol. The van der Waals surface area contributed by atoms with Gasteiger partial charge in [0.05, 0.1) is 12.1 Å². The van der Waals surface area contributed by atoms with Crippen LogP contribution in [0.15, 0.2) is 30.6 Å². The Balaban J connectivity index is 1.68. The van der Waals surface area contributed by atoms with Gasteiger partial charge in [-0.1, -0.05) is 24.6 Å². The minimum Gasteiger partial charge on any atom is -0.481 e. The molecule has 1 aliphatic heterocycles. The molecule has 14 heteroatoms. The highest BCUT2D eigenvalue weighted by molar-refractivity contribution is 7.93. The molecule has 12 nitrogen and oxygen atoms in total. The molecule has 3 atom stereocenters. The Bertz CT molecular complexity index is 1300. The lowest BCUT2D eigenvalue weighted by Gasteiger charge is -2.25. The fourth-order valence-electron chi connectivity index (χ4n) is 4.48. The van der Waals surface area contributed by atoms with Gasteiger partial charge in [0, 0.05) is 38.2 Å². The van der Waals surface area contributed by atoms with Crippen LogP contribution in [0.25, 0.3) is 11.5 Å². The maximum absolute atomic E-state index is 13.5. The predicted octanol–water partition coefficient (Wildman–Crippen LogP) is 2.79. The number of anilines is 1. The van der Waals surface area contributed by atoms with Gasteiger partial charge >= 0.3 is 0 Å². The number of nitrogens with one attached hydrogen (secondary N) is 1. The van der Waals surface area contributed by atoms with E-state index in [-0.39, 0.29) is 17.8 Å². The van der Waals surface area contributed by atoms with Crippen molar-refractivity contribution in [3.05, 3.63) is 41.4 Å². The molecule has 0 bridgehead atoms. The minimum atomic E-state index is -4.01. The fourth-order valence-corrected chi connectivity index (χ4v) is 5.73. The van der Waals surface area contributed by atoms with Crippen molar-refractivity contribution < 1.29 is 17.9 Å². The highest BCUT2D eigenvalue weighted by atomic mass is 35.5. The number of aromatic nitrogens is 6. The first-order valence-corrected chi connectivity index (χ1v) is 13.9. The van der Waals surface area contributed by atoms with Crippen molar-refractivity contribution >= 4 is 27.6 Å². The standard InChI is InChI=1S/C23H31ClN8O4S/c1-5-31-11-7-8-17(31)14-32-22(18-9-6-10-19(27-18)35-3)28-29-23(32)30-37(33,34)15(2)20(36-4)21-25-12-16(24)13-26-21/h6,9-10,12-13,15,17,20H,5,7-8,11,14H2,1-4H3,(H,29,30)/t15-,17+,20-/m0/s1. The van der Waals surface area contributed by atoms with Crippen LogP contribution >= 0.6 is 11.6 Å². The van der Waals surface area contributed by atoms with E-state index in [4.69, 9.17) is 21.1 Å². The second kappa shape index (κ2) is 11.7. The Kier molecular flexibility index (Phi) is 8.57. The van der Waals surface area contributed by atoms with Gasteiger partial charge < -0.3 is 9.47 Å². The summed E-state index contributed by atoms with van der Waals surface area (Å²) < 4.78 is 42.1. The van der Waals surface area contributed by atoms with E-state index in [0.29, 0.717) is 29.0 Å². The molecular weight excluding hydrogens is 520 g/mol. The van der Waals surface area contributed by atoms with Gasteiger partial charge in [0.15, 0.2) is 11.6 Å². The van der Waals surface area contributed by atoms with Crippen molar-refractivity contribution in [3.63, 3.8) is 0 Å². The van der Waals surface area contributed by atoms with Crippen LogP contribution in [-0.4, -0.2) is 81.6 Å². The number of nitrogens with zero attached hydrogens (tertiary/aromatic N) is 7. The molecule has 0 saturated carbocycles. The zero-order chi connectivity index (χ0) is 26.6. The third kappa shape index (κ3) is 6.00. The van der Waals surface area contributed by atoms with E-state index in [1.54, 1.807) is 22.8 Å². The molecule has 0 unspecified atom stereocenters. The number of methoxy groups -OCH3 is 2. The van der Waals surface area contributed by atoms with E-state index in [0.717, 1.165) is 25.9 Å². The van der Waals surface area contributed by atoms with Crippen LogP contribution in [0.5, 0.6) is 5.88 Å². The first-order valence-electron chi connectivity index (χ1n) is 12.0. The number of pyridine rings is 1. The van der Waals surface area contributed by atoms with E-state index in [2.05, 4.69) is 41.7 Å². The van der Waals surface area contributed by atoms with Crippen molar-refractivity contribution in [1.82, 2.24) is 34.6 Å². The lowest BCUT2D eigenvalue weighted by atomic mass is 10.2. The molecule has 1 fully saturated rings. The van der Waals surface area contributed by atoms with Crippen molar-refractivity contribution in [2.75, 3.05) is 32.0 Å². The molecule has 0 spiro atoms. The van der Waals surface area contributed by atoms with Crippen LogP contribution < -0.4 is 9.46 Å². The zero-order valence-corrected chi connectivity index (χ0v) is 22.8. The van der Waals surface area contributed by atoms with Crippen LogP contribution in [0, 0.1) is 0 Å². The van der Waals surface area contributed by atoms with Crippen molar-refractivity contribution in [1.29, 1.82) is 0 Å². The molecule has 3 aromatic rings. The molecule has 0 aliphatic carbocycles. The molecule has 4 heterocycles. The molecule has 1 N–H and O–H groups in total. The van der Waals surface area contributed by atoms with Gasteiger partial charge in [-0.25, -0.2) is 23.4 Å². The predicted molar refractivity (Wildman–Crippen MR) is 139 cm³/mol. The molecule has 4 rings (SSSR count). The minimum absolute atomic E-state index is 0.0984. The van der Waals surface area contributed by atoms with Crippen LogP contribution in [0.2, 0.25) is 5.02 Å². The lowest BCUT2D eigenvalue weighted by Crippen LogP contribution is -2.35. The van der Waals surface area contributed by atoms with Crippen molar-refractivity contribution in [2.24, 2.45) is 0 Å². The van der Waals surface area contributed by atoms with Crippen molar-refractivity contribution in [2.45, 2.75) is 50.6 Å². The maximum atomic E-state index is 13.5. The molecule has 3 aromatic heterocycles. The number of likely N-dealkylation sites (tertiary alicyclic amines) is 1. The van der Waals surface area contributed by atoms with Gasteiger partial charge in [-0.05, 0) is 38.9 Å². The molecular formula is C23H31ClN8O4S. The van der Waals surface area contributed by atoms with Gasteiger partial charge in [-0.2, -0.15) is 0 Å². The Morgan fingerprint density at radius 2 is 1.97 bits per heavy atom. The molecule has 1 aliphatic rings.